The number of nitrogens with one attached hydrogen (secondary N) is 1. The number of H-pyrrole nitrogens is 1. The zero-order valence-electron chi connectivity index (χ0n) is 18.7. The van der Waals surface area contributed by atoms with Gasteiger partial charge in [0.05, 0.1) is 18.8 Å². The lowest BCUT2D eigenvalue weighted by molar-refractivity contribution is -0.116. The molecule has 7 nitrogen and oxygen atoms in total. The summed E-state index contributed by atoms with van der Waals surface area (Å²) < 4.78 is 14.5. The minimum atomic E-state index is -0.743. The third-order valence-corrected chi connectivity index (χ3v) is 6.32. The van der Waals surface area contributed by atoms with Crippen LogP contribution in [0, 0.1) is 5.82 Å². The number of aromatic nitrogens is 2. The maximum Gasteiger partial charge on any atom is 0.330 e. The van der Waals surface area contributed by atoms with Crippen LogP contribution in [0.25, 0.3) is 0 Å². The highest BCUT2D eigenvalue weighted by Crippen LogP contribution is 2.24. The fraction of sp³-hybridized carbons (Fsp3) is 0.115. The average molecular weight is 491 g/mol. The molecule has 4 aromatic rings. The number of nitrogens with zero attached hydrogens (tertiary/aromatic N) is 2. The van der Waals surface area contributed by atoms with Crippen LogP contribution in [0.4, 0.5) is 15.9 Å². The van der Waals surface area contributed by atoms with E-state index in [0.717, 1.165) is 11.1 Å². The van der Waals surface area contributed by atoms with Crippen LogP contribution in [0.3, 0.4) is 0 Å². The lowest BCUT2D eigenvalue weighted by Crippen LogP contribution is -2.41. The second-order valence-electron chi connectivity index (χ2n) is 7.77. The first-order chi connectivity index (χ1) is 16.9. The first-order valence-corrected chi connectivity index (χ1v) is 11.8. The van der Waals surface area contributed by atoms with Crippen LogP contribution in [0.15, 0.2) is 99.4 Å². The molecule has 0 aliphatic heterocycles. The van der Waals surface area contributed by atoms with Crippen molar-refractivity contribution in [3.8, 4) is 0 Å². The molecule has 0 aliphatic rings. The molecule has 0 aliphatic carbocycles. The number of hydrogen-bond donors (Lipinski definition) is 2. The zero-order valence-corrected chi connectivity index (χ0v) is 19.5. The number of carbonyl (C=O) groups is 1. The maximum atomic E-state index is 13.4. The summed E-state index contributed by atoms with van der Waals surface area (Å²) >= 11 is 1.21. The summed E-state index contributed by atoms with van der Waals surface area (Å²) in [6.07, 6.45) is 0. The highest BCUT2D eigenvalue weighted by atomic mass is 32.2. The molecule has 3 aromatic carbocycles. The van der Waals surface area contributed by atoms with Crippen molar-refractivity contribution in [3.63, 3.8) is 0 Å². The average Bonchev–Trinajstić information content (AvgIpc) is 2.86. The van der Waals surface area contributed by atoms with Crippen LogP contribution in [-0.2, 0) is 17.9 Å². The van der Waals surface area contributed by atoms with Crippen molar-refractivity contribution in [3.05, 3.63) is 123 Å². The van der Waals surface area contributed by atoms with Gasteiger partial charge in [0.2, 0.25) is 5.91 Å². The van der Waals surface area contributed by atoms with Crippen molar-refractivity contribution in [2.75, 3.05) is 16.4 Å². The number of aromatic amines is 1. The van der Waals surface area contributed by atoms with Gasteiger partial charge < -0.3 is 5.73 Å². The number of rotatable bonds is 8. The third kappa shape index (κ3) is 5.88. The lowest BCUT2D eigenvalue weighted by atomic mass is 10.2. The lowest BCUT2D eigenvalue weighted by Gasteiger charge is -2.24. The molecule has 0 atom stereocenters. The second-order valence-corrected chi connectivity index (χ2v) is 8.82. The number of halogens is 1. The topological polar surface area (TPSA) is 101 Å². The summed E-state index contributed by atoms with van der Waals surface area (Å²) in [6, 6.07) is 24.2. The Morgan fingerprint density at radius 1 is 0.914 bits per heavy atom. The molecule has 0 spiro atoms. The van der Waals surface area contributed by atoms with E-state index in [9.17, 15) is 18.8 Å². The van der Waals surface area contributed by atoms with E-state index in [1.807, 2.05) is 60.7 Å². The van der Waals surface area contributed by atoms with Gasteiger partial charge in [-0.15, -0.1) is 11.8 Å². The van der Waals surface area contributed by atoms with Crippen LogP contribution in [-0.4, -0.2) is 21.2 Å². The molecule has 0 saturated heterocycles. The quantitative estimate of drug-likeness (QED) is 0.367. The maximum absolute atomic E-state index is 13.4. The molecular weight excluding hydrogens is 467 g/mol. The van der Waals surface area contributed by atoms with E-state index < -0.39 is 11.2 Å². The number of amides is 1. The number of carbonyl (C=O) groups excluding carboxylic acids is 1. The molecule has 0 saturated carbocycles. The van der Waals surface area contributed by atoms with E-state index >= 15 is 0 Å². The summed E-state index contributed by atoms with van der Waals surface area (Å²) in [4.78, 5) is 43.2. The smallest absolute Gasteiger partial charge is 0.330 e. The Bertz CT molecular complexity index is 1420. The highest BCUT2D eigenvalue weighted by molar-refractivity contribution is 8.00. The number of hydrogen-bond acceptors (Lipinski definition) is 5. The largest absolute Gasteiger partial charge is 0.383 e. The molecule has 1 aromatic heterocycles. The summed E-state index contributed by atoms with van der Waals surface area (Å²) in [5.74, 6) is -0.870. The van der Waals surface area contributed by atoms with Gasteiger partial charge in [0.1, 0.15) is 11.6 Å². The molecule has 9 heteroatoms. The fourth-order valence-corrected chi connectivity index (χ4v) is 4.35. The molecule has 1 heterocycles. The van der Waals surface area contributed by atoms with Gasteiger partial charge in [-0.05, 0) is 35.4 Å². The Balaban J connectivity index is 1.71. The Labute approximate surface area is 205 Å². The minimum Gasteiger partial charge on any atom is -0.383 e. The molecular formula is C26H23FN4O3S. The van der Waals surface area contributed by atoms with E-state index in [0.29, 0.717) is 4.90 Å². The fourth-order valence-electron chi connectivity index (χ4n) is 3.57. The number of thioether (sulfide) groups is 1. The molecule has 0 bridgehead atoms. The zero-order chi connectivity index (χ0) is 24.8. The molecule has 0 radical (unpaired) electrons. The Morgan fingerprint density at radius 3 is 2.14 bits per heavy atom. The first kappa shape index (κ1) is 24.0. The molecule has 4 rings (SSSR count). The van der Waals surface area contributed by atoms with Crippen molar-refractivity contribution in [2.45, 2.75) is 18.0 Å². The number of anilines is 2. The van der Waals surface area contributed by atoms with Crippen molar-refractivity contribution >= 4 is 29.2 Å². The second kappa shape index (κ2) is 10.9. The van der Waals surface area contributed by atoms with Crippen LogP contribution < -0.4 is 21.9 Å². The Hall–Kier alpha value is -4.11. The number of benzene rings is 3. The molecule has 0 fully saturated rings. The standard InChI is InChI=1S/C26H23FN4O3S/c27-20-11-13-21(14-12-20)35-17-22(32)30(15-18-7-3-1-4-8-18)23-24(28)31(26(34)29-25(23)33)16-19-9-5-2-6-10-19/h1-14H,15-17,28H2,(H,29,33,34). The van der Waals surface area contributed by atoms with E-state index in [4.69, 9.17) is 5.73 Å². The first-order valence-electron chi connectivity index (χ1n) is 10.8. The van der Waals surface area contributed by atoms with Crippen molar-refractivity contribution in [1.82, 2.24) is 9.55 Å². The molecule has 3 N–H and O–H groups in total. The van der Waals surface area contributed by atoms with Crippen LogP contribution in [0.2, 0.25) is 0 Å². The summed E-state index contributed by atoms with van der Waals surface area (Å²) in [7, 11) is 0. The minimum absolute atomic E-state index is 0.0187. The monoisotopic (exact) mass is 490 g/mol. The van der Waals surface area contributed by atoms with Crippen LogP contribution >= 0.6 is 11.8 Å². The van der Waals surface area contributed by atoms with Gasteiger partial charge in [-0.3, -0.25) is 24.0 Å². The van der Waals surface area contributed by atoms with Gasteiger partial charge in [-0.2, -0.15) is 0 Å². The highest BCUT2D eigenvalue weighted by Gasteiger charge is 2.25. The van der Waals surface area contributed by atoms with E-state index in [1.165, 1.54) is 33.4 Å². The predicted molar refractivity (Wildman–Crippen MR) is 136 cm³/mol. The number of nitrogen functional groups attached to an aromatic ring is 1. The Morgan fingerprint density at radius 2 is 1.51 bits per heavy atom. The Kier molecular flexibility index (Phi) is 7.47. The van der Waals surface area contributed by atoms with Gasteiger partial charge in [0.15, 0.2) is 5.69 Å². The molecule has 35 heavy (non-hydrogen) atoms. The van der Waals surface area contributed by atoms with Gasteiger partial charge >= 0.3 is 5.69 Å². The van der Waals surface area contributed by atoms with Crippen LogP contribution in [0.1, 0.15) is 11.1 Å². The predicted octanol–water partition coefficient (Wildman–Crippen LogP) is 3.63. The van der Waals surface area contributed by atoms with Gasteiger partial charge in [-0.1, -0.05) is 60.7 Å². The number of nitrogens with two attached hydrogens (primary N) is 1. The summed E-state index contributed by atoms with van der Waals surface area (Å²) in [6.45, 7) is 0.216. The van der Waals surface area contributed by atoms with Crippen molar-refractivity contribution < 1.29 is 9.18 Å². The normalized spacial score (nSPS) is 10.8. The van der Waals surface area contributed by atoms with E-state index in [2.05, 4.69) is 4.98 Å². The summed E-state index contributed by atoms with van der Waals surface area (Å²) in [5, 5.41) is 0. The van der Waals surface area contributed by atoms with E-state index in [1.54, 1.807) is 12.1 Å². The SMILES string of the molecule is Nc1c(N(Cc2ccccc2)C(=O)CSc2ccc(F)cc2)c(=O)[nH]c(=O)n1Cc1ccccc1. The van der Waals surface area contributed by atoms with Crippen molar-refractivity contribution in [1.29, 1.82) is 0 Å². The summed E-state index contributed by atoms with van der Waals surface area (Å²) in [5.41, 5.74) is 6.46. The van der Waals surface area contributed by atoms with Gasteiger partial charge in [0, 0.05) is 4.90 Å². The van der Waals surface area contributed by atoms with E-state index in [-0.39, 0.29) is 42.1 Å². The van der Waals surface area contributed by atoms with Gasteiger partial charge in [0.25, 0.3) is 5.56 Å². The third-order valence-electron chi connectivity index (χ3n) is 5.33. The van der Waals surface area contributed by atoms with Crippen molar-refractivity contribution in [2.24, 2.45) is 0 Å². The van der Waals surface area contributed by atoms with Crippen LogP contribution in [0.5, 0.6) is 0 Å². The molecule has 1 amide bonds. The molecule has 178 valence electrons. The molecule has 0 unspecified atom stereocenters. The van der Waals surface area contributed by atoms with Gasteiger partial charge in [-0.25, -0.2) is 9.18 Å².